The summed E-state index contributed by atoms with van der Waals surface area (Å²) in [4.78, 5) is 7.89. The maximum Gasteiger partial charge on any atom is 0.222 e. The largest absolute Gasteiger partial charge is 0.368 e. The molecule has 0 amide bonds. The molecule has 0 spiro atoms. The third-order valence-electron chi connectivity index (χ3n) is 2.40. The molecule has 5 nitrogen and oxygen atoms in total. The average molecular weight is 264 g/mol. The van der Waals surface area contributed by atoms with Crippen molar-refractivity contribution in [3.05, 3.63) is 41.0 Å². The number of halogens is 1. The van der Waals surface area contributed by atoms with E-state index >= 15 is 0 Å². The van der Waals surface area contributed by atoms with E-state index < -0.39 is 0 Å². The predicted octanol–water partition coefficient (Wildman–Crippen LogP) is 2.18. The molecule has 0 radical (unpaired) electrons. The lowest BCUT2D eigenvalue weighted by atomic mass is 10.2. The molecule has 0 atom stereocenters. The first-order chi connectivity index (χ1) is 8.70. The fourth-order valence-electron chi connectivity index (χ4n) is 1.58. The number of nitrogens with one attached hydrogen (secondary N) is 2. The van der Waals surface area contributed by atoms with Gasteiger partial charge in [-0.05, 0) is 18.7 Å². The van der Waals surface area contributed by atoms with Crippen LogP contribution in [-0.4, -0.2) is 17.0 Å². The van der Waals surface area contributed by atoms with Crippen molar-refractivity contribution in [2.45, 2.75) is 6.54 Å². The minimum Gasteiger partial charge on any atom is -0.368 e. The van der Waals surface area contributed by atoms with E-state index in [-0.39, 0.29) is 5.95 Å². The summed E-state index contributed by atoms with van der Waals surface area (Å²) in [5.74, 6) is 0.695. The number of hydrogen-bond acceptors (Lipinski definition) is 5. The SMILES string of the molecule is CNCc1ccccc1Nc1nc(N)ncc1Cl. The summed E-state index contributed by atoms with van der Waals surface area (Å²) < 4.78 is 0. The molecule has 1 aromatic carbocycles. The Morgan fingerprint density at radius 1 is 1.33 bits per heavy atom. The standard InChI is InChI=1S/C12H14ClN5/c1-15-6-8-4-2-3-5-10(8)17-11-9(13)7-16-12(14)18-11/h2-5,7,15H,6H2,1H3,(H3,14,16,17,18). The van der Waals surface area contributed by atoms with Crippen molar-refractivity contribution in [2.75, 3.05) is 18.1 Å². The summed E-state index contributed by atoms with van der Waals surface area (Å²) in [5, 5.41) is 6.70. The second kappa shape index (κ2) is 5.66. The Kier molecular flexibility index (Phi) is 3.96. The molecule has 2 aromatic rings. The number of aromatic nitrogens is 2. The van der Waals surface area contributed by atoms with Crippen molar-refractivity contribution in [3.8, 4) is 0 Å². The number of rotatable bonds is 4. The Hall–Kier alpha value is -1.85. The Labute approximate surface area is 110 Å². The number of benzene rings is 1. The minimum atomic E-state index is 0.188. The van der Waals surface area contributed by atoms with E-state index in [9.17, 15) is 0 Å². The molecule has 0 bridgehead atoms. The van der Waals surface area contributed by atoms with Gasteiger partial charge in [0.25, 0.3) is 0 Å². The molecule has 0 aliphatic heterocycles. The van der Waals surface area contributed by atoms with E-state index in [2.05, 4.69) is 20.6 Å². The monoisotopic (exact) mass is 263 g/mol. The van der Waals surface area contributed by atoms with Gasteiger partial charge in [0.2, 0.25) is 5.95 Å². The van der Waals surface area contributed by atoms with Gasteiger partial charge in [-0.15, -0.1) is 0 Å². The zero-order chi connectivity index (χ0) is 13.0. The summed E-state index contributed by atoms with van der Waals surface area (Å²) in [6, 6.07) is 7.91. The van der Waals surface area contributed by atoms with E-state index in [0.717, 1.165) is 17.8 Å². The Morgan fingerprint density at radius 2 is 2.11 bits per heavy atom. The molecule has 0 saturated carbocycles. The third kappa shape index (κ3) is 2.88. The molecular weight excluding hydrogens is 250 g/mol. The van der Waals surface area contributed by atoms with Crippen LogP contribution >= 0.6 is 11.6 Å². The number of nitrogens with zero attached hydrogens (tertiary/aromatic N) is 2. The molecule has 2 rings (SSSR count). The van der Waals surface area contributed by atoms with Crippen LogP contribution in [0, 0.1) is 0 Å². The number of anilines is 3. The van der Waals surface area contributed by atoms with Crippen molar-refractivity contribution >= 4 is 29.1 Å². The second-order valence-corrected chi connectivity index (χ2v) is 4.14. The van der Waals surface area contributed by atoms with Crippen LogP contribution < -0.4 is 16.4 Å². The Bertz CT molecular complexity index is 544. The quantitative estimate of drug-likeness (QED) is 0.788. The molecule has 4 N–H and O–H groups in total. The highest BCUT2D eigenvalue weighted by molar-refractivity contribution is 6.32. The van der Waals surface area contributed by atoms with Crippen molar-refractivity contribution in [3.63, 3.8) is 0 Å². The number of nitrogens with two attached hydrogens (primary N) is 1. The zero-order valence-electron chi connectivity index (χ0n) is 9.94. The molecule has 1 aromatic heterocycles. The predicted molar refractivity (Wildman–Crippen MR) is 73.9 cm³/mol. The highest BCUT2D eigenvalue weighted by atomic mass is 35.5. The van der Waals surface area contributed by atoms with Crippen LogP contribution in [0.5, 0.6) is 0 Å². The summed E-state index contributed by atoms with van der Waals surface area (Å²) in [7, 11) is 1.90. The summed E-state index contributed by atoms with van der Waals surface area (Å²) in [6.07, 6.45) is 1.48. The number of hydrogen-bond donors (Lipinski definition) is 3. The molecule has 18 heavy (non-hydrogen) atoms. The summed E-state index contributed by atoms with van der Waals surface area (Å²) >= 11 is 6.02. The highest BCUT2D eigenvalue weighted by Crippen LogP contribution is 2.25. The smallest absolute Gasteiger partial charge is 0.222 e. The molecule has 0 aliphatic rings. The van der Waals surface area contributed by atoms with Crippen LogP contribution in [0.15, 0.2) is 30.5 Å². The molecule has 0 unspecified atom stereocenters. The van der Waals surface area contributed by atoms with Crippen molar-refractivity contribution < 1.29 is 0 Å². The molecule has 0 aliphatic carbocycles. The summed E-state index contributed by atoms with van der Waals surface area (Å²) in [6.45, 7) is 0.751. The van der Waals surface area contributed by atoms with Gasteiger partial charge in [-0.1, -0.05) is 29.8 Å². The first kappa shape index (κ1) is 12.6. The first-order valence-corrected chi connectivity index (χ1v) is 5.86. The van der Waals surface area contributed by atoms with Crippen molar-refractivity contribution in [1.82, 2.24) is 15.3 Å². The van der Waals surface area contributed by atoms with Gasteiger partial charge in [0.1, 0.15) is 5.02 Å². The van der Waals surface area contributed by atoms with Gasteiger partial charge in [0, 0.05) is 12.2 Å². The van der Waals surface area contributed by atoms with Crippen LogP contribution in [0.2, 0.25) is 5.02 Å². The zero-order valence-corrected chi connectivity index (χ0v) is 10.7. The van der Waals surface area contributed by atoms with E-state index in [1.165, 1.54) is 6.20 Å². The third-order valence-corrected chi connectivity index (χ3v) is 2.68. The average Bonchev–Trinajstić information content (AvgIpc) is 2.36. The van der Waals surface area contributed by atoms with Gasteiger partial charge in [0.05, 0.1) is 6.20 Å². The normalized spacial score (nSPS) is 10.3. The van der Waals surface area contributed by atoms with Gasteiger partial charge >= 0.3 is 0 Å². The van der Waals surface area contributed by atoms with E-state index in [0.29, 0.717) is 10.8 Å². The Balaban J connectivity index is 2.30. The van der Waals surface area contributed by atoms with Gasteiger partial charge in [-0.2, -0.15) is 4.98 Å². The fourth-order valence-corrected chi connectivity index (χ4v) is 1.72. The highest BCUT2D eigenvalue weighted by Gasteiger charge is 2.06. The molecule has 0 saturated heterocycles. The van der Waals surface area contributed by atoms with Crippen LogP contribution in [-0.2, 0) is 6.54 Å². The van der Waals surface area contributed by atoms with Gasteiger partial charge < -0.3 is 16.4 Å². The van der Waals surface area contributed by atoms with Crippen LogP contribution in [0.3, 0.4) is 0 Å². The molecule has 1 heterocycles. The van der Waals surface area contributed by atoms with E-state index in [4.69, 9.17) is 17.3 Å². The second-order valence-electron chi connectivity index (χ2n) is 3.74. The van der Waals surface area contributed by atoms with E-state index in [1.54, 1.807) is 0 Å². The number of nitrogen functional groups attached to an aromatic ring is 1. The van der Waals surface area contributed by atoms with Gasteiger partial charge in [-0.25, -0.2) is 4.98 Å². The molecule has 94 valence electrons. The van der Waals surface area contributed by atoms with Gasteiger partial charge in [-0.3, -0.25) is 0 Å². The van der Waals surface area contributed by atoms with Crippen LogP contribution in [0.4, 0.5) is 17.5 Å². The van der Waals surface area contributed by atoms with E-state index in [1.807, 2.05) is 31.3 Å². The molecule has 0 fully saturated rings. The van der Waals surface area contributed by atoms with Crippen molar-refractivity contribution in [1.29, 1.82) is 0 Å². The maximum absolute atomic E-state index is 6.02. The fraction of sp³-hybridized carbons (Fsp3) is 0.167. The topological polar surface area (TPSA) is 75.9 Å². The lowest BCUT2D eigenvalue weighted by Gasteiger charge is -2.12. The maximum atomic E-state index is 6.02. The van der Waals surface area contributed by atoms with Crippen molar-refractivity contribution in [2.24, 2.45) is 0 Å². The van der Waals surface area contributed by atoms with Crippen LogP contribution in [0.25, 0.3) is 0 Å². The molecular formula is C12H14ClN5. The number of para-hydroxylation sites is 1. The van der Waals surface area contributed by atoms with Crippen LogP contribution in [0.1, 0.15) is 5.56 Å². The Morgan fingerprint density at radius 3 is 2.89 bits per heavy atom. The van der Waals surface area contributed by atoms with Gasteiger partial charge in [0.15, 0.2) is 5.82 Å². The molecule has 6 heteroatoms. The lowest BCUT2D eigenvalue weighted by molar-refractivity contribution is 0.819. The first-order valence-electron chi connectivity index (χ1n) is 5.48. The summed E-state index contributed by atoms with van der Waals surface area (Å²) in [5.41, 5.74) is 7.60. The lowest BCUT2D eigenvalue weighted by Crippen LogP contribution is -2.08. The minimum absolute atomic E-state index is 0.188.